The molecule has 0 atom stereocenters. The van der Waals surface area contributed by atoms with E-state index in [4.69, 9.17) is 16.3 Å². The summed E-state index contributed by atoms with van der Waals surface area (Å²) in [6.07, 6.45) is 7.64. The summed E-state index contributed by atoms with van der Waals surface area (Å²) in [6, 6.07) is 3.76. The molecule has 7 nitrogen and oxygen atoms in total. The first kappa shape index (κ1) is 22.3. The summed E-state index contributed by atoms with van der Waals surface area (Å²) in [5.41, 5.74) is 0.858. The van der Waals surface area contributed by atoms with Crippen LogP contribution in [0.5, 0.6) is 0 Å². The zero-order valence-electron chi connectivity index (χ0n) is 17.5. The van der Waals surface area contributed by atoms with E-state index in [9.17, 15) is 14.7 Å². The minimum Gasteiger partial charge on any atom is -0.476 e. The smallest absolute Gasteiger partial charge is 0.355 e. The number of carboxylic acid groups (broad SMARTS) is 1. The van der Waals surface area contributed by atoms with Gasteiger partial charge in [0.25, 0.3) is 0 Å². The zero-order valence-corrected chi connectivity index (χ0v) is 18.2. The highest BCUT2D eigenvalue weighted by atomic mass is 35.5. The third-order valence-corrected chi connectivity index (χ3v) is 6.00. The van der Waals surface area contributed by atoms with Crippen molar-refractivity contribution >= 4 is 23.5 Å². The van der Waals surface area contributed by atoms with Crippen molar-refractivity contribution in [2.75, 3.05) is 6.61 Å². The summed E-state index contributed by atoms with van der Waals surface area (Å²) in [6.45, 7) is 4.53. The Bertz CT molecular complexity index is 902. The van der Waals surface area contributed by atoms with Gasteiger partial charge in [-0.25, -0.2) is 9.78 Å². The molecule has 0 spiro atoms. The molecule has 0 saturated heterocycles. The van der Waals surface area contributed by atoms with Gasteiger partial charge in [0.15, 0.2) is 10.8 Å². The average molecular weight is 434 g/mol. The lowest BCUT2D eigenvalue weighted by molar-refractivity contribution is -0.150. The first-order valence-corrected chi connectivity index (χ1v) is 10.9. The number of carbonyl (C=O) groups excluding carboxylic acids is 1. The highest BCUT2D eigenvalue weighted by Crippen LogP contribution is 2.41. The summed E-state index contributed by atoms with van der Waals surface area (Å²) in [5.74, 6) is -0.659. The number of rotatable bonds is 9. The van der Waals surface area contributed by atoms with Gasteiger partial charge >= 0.3 is 11.9 Å². The quantitative estimate of drug-likeness (QED) is 0.589. The second-order valence-corrected chi connectivity index (χ2v) is 8.08. The molecule has 0 aliphatic heterocycles. The van der Waals surface area contributed by atoms with Gasteiger partial charge in [-0.2, -0.15) is 0 Å². The van der Waals surface area contributed by atoms with Crippen LogP contribution in [0.2, 0.25) is 5.15 Å². The van der Waals surface area contributed by atoms with Crippen LogP contribution < -0.4 is 0 Å². The second kappa shape index (κ2) is 9.60. The van der Waals surface area contributed by atoms with Crippen LogP contribution in [0.1, 0.15) is 79.9 Å². The van der Waals surface area contributed by atoms with Gasteiger partial charge in [-0.05, 0) is 37.8 Å². The number of aromatic carboxylic acids is 1. The fourth-order valence-corrected chi connectivity index (χ4v) is 4.44. The van der Waals surface area contributed by atoms with E-state index in [1.807, 2.05) is 19.1 Å². The lowest BCUT2D eigenvalue weighted by atomic mass is 9.82. The lowest BCUT2D eigenvalue weighted by Gasteiger charge is -2.26. The van der Waals surface area contributed by atoms with Crippen molar-refractivity contribution < 1.29 is 19.4 Å². The number of hydrogen-bond donors (Lipinski definition) is 1. The Balaban J connectivity index is 1.89. The van der Waals surface area contributed by atoms with E-state index in [1.54, 1.807) is 10.8 Å². The molecule has 0 aromatic carbocycles. The number of pyridine rings is 1. The Labute approximate surface area is 181 Å². The normalized spacial score (nSPS) is 15.3. The Morgan fingerprint density at radius 3 is 2.57 bits per heavy atom. The van der Waals surface area contributed by atoms with E-state index < -0.39 is 11.4 Å². The van der Waals surface area contributed by atoms with Crippen LogP contribution in [0.3, 0.4) is 0 Å². The molecule has 1 saturated carbocycles. The predicted octanol–water partition coefficient (Wildman–Crippen LogP) is 4.40. The average Bonchev–Trinajstić information content (AvgIpc) is 3.33. The molecular weight excluding hydrogens is 406 g/mol. The van der Waals surface area contributed by atoms with E-state index in [2.05, 4.69) is 16.9 Å². The van der Waals surface area contributed by atoms with E-state index in [-0.39, 0.29) is 16.8 Å². The Morgan fingerprint density at radius 2 is 2.00 bits per heavy atom. The molecule has 0 bridgehead atoms. The lowest BCUT2D eigenvalue weighted by Crippen LogP contribution is -2.35. The third kappa shape index (κ3) is 4.36. The van der Waals surface area contributed by atoms with E-state index in [1.165, 1.54) is 0 Å². The van der Waals surface area contributed by atoms with Gasteiger partial charge < -0.3 is 14.4 Å². The molecule has 0 amide bonds. The largest absolute Gasteiger partial charge is 0.476 e. The number of carboxylic acids is 1. The molecule has 2 aromatic rings. The maximum Gasteiger partial charge on any atom is 0.355 e. The van der Waals surface area contributed by atoms with Crippen LogP contribution in [-0.2, 0) is 27.9 Å². The number of ether oxygens (including phenoxy) is 1. The maximum atomic E-state index is 12.7. The van der Waals surface area contributed by atoms with Crippen LogP contribution >= 0.6 is 11.6 Å². The van der Waals surface area contributed by atoms with Crippen molar-refractivity contribution in [3.05, 3.63) is 46.3 Å². The summed E-state index contributed by atoms with van der Waals surface area (Å²) < 4.78 is 6.98. The number of hydrogen-bond acceptors (Lipinski definition) is 5. The van der Waals surface area contributed by atoms with Crippen LogP contribution in [0.4, 0.5) is 0 Å². The Kier molecular flexibility index (Phi) is 7.13. The minimum absolute atomic E-state index is 0.00500. The summed E-state index contributed by atoms with van der Waals surface area (Å²) in [4.78, 5) is 33.2. The van der Waals surface area contributed by atoms with Gasteiger partial charge in [0, 0.05) is 12.6 Å². The first-order valence-electron chi connectivity index (χ1n) is 10.5. The Morgan fingerprint density at radius 1 is 1.27 bits per heavy atom. The number of halogens is 1. The molecule has 1 N–H and O–H groups in total. The fourth-order valence-electron chi connectivity index (χ4n) is 4.16. The van der Waals surface area contributed by atoms with Crippen molar-refractivity contribution in [2.45, 2.75) is 70.8 Å². The number of nitrogens with zero attached hydrogens (tertiary/aromatic N) is 3. The number of carbonyl (C=O) groups is 2. The van der Waals surface area contributed by atoms with Crippen molar-refractivity contribution in [1.82, 2.24) is 14.5 Å². The number of aryl methyl sites for hydroxylation is 1. The molecule has 8 heteroatoms. The maximum absolute atomic E-state index is 12.7. The van der Waals surface area contributed by atoms with Gasteiger partial charge in [0.05, 0.1) is 18.8 Å². The Hall–Kier alpha value is -2.41. The van der Waals surface area contributed by atoms with E-state index >= 15 is 0 Å². The van der Waals surface area contributed by atoms with Crippen LogP contribution in [-0.4, -0.2) is 38.2 Å². The molecule has 162 valence electrons. The molecule has 30 heavy (non-hydrogen) atoms. The van der Waals surface area contributed by atoms with Gasteiger partial charge in [-0.1, -0.05) is 43.9 Å². The fraction of sp³-hybridized carbons (Fsp3) is 0.545. The van der Waals surface area contributed by atoms with Crippen molar-refractivity contribution in [3.63, 3.8) is 0 Å². The molecule has 0 radical (unpaired) electrons. The molecular formula is C22H28ClN3O4. The molecule has 1 fully saturated rings. The summed E-state index contributed by atoms with van der Waals surface area (Å²) >= 11 is 6.10. The number of aromatic nitrogens is 3. The topological polar surface area (TPSA) is 94.3 Å². The van der Waals surface area contributed by atoms with E-state index in [0.29, 0.717) is 25.4 Å². The third-order valence-electron chi connectivity index (χ3n) is 5.74. The van der Waals surface area contributed by atoms with Crippen molar-refractivity contribution in [2.24, 2.45) is 0 Å². The standard InChI is InChI=1S/C22H28ClN3O4/c1-3-5-8-17-25-19(23)18(20(27)28)26(17)14-15-9-10-16(24-13-15)22(11-6-7-12-22)21(29)30-4-2/h9-10,13H,3-8,11-12,14H2,1-2H3,(H,27,28). The van der Waals surface area contributed by atoms with Crippen molar-refractivity contribution in [1.29, 1.82) is 0 Å². The molecule has 0 unspecified atom stereocenters. The first-order chi connectivity index (χ1) is 14.4. The zero-order chi connectivity index (χ0) is 21.7. The highest BCUT2D eigenvalue weighted by molar-refractivity contribution is 6.32. The number of imidazole rings is 1. The van der Waals surface area contributed by atoms with Gasteiger partial charge in [-0.15, -0.1) is 0 Å². The van der Waals surface area contributed by atoms with Crippen molar-refractivity contribution in [3.8, 4) is 0 Å². The molecule has 1 aliphatic rings. The monoisotopic (exact) mass is 433 g/mol. The highest BCUT2D eigenvalue weighted by Gasteiger charge is 2.45. The molecule has 1 aliphatic carbocycles. The molecule has 3 rings (SSSR count). The summed E-state index contributed by atoms with van der Waals surface area (Å²) in [7, 11) is 0. The van der Waals surface area contributed by atoms with Gasteiger partial charge in [0.2, 0.25) is 0 Å². The minimum atomic E-state index is -1.10. The molecule has 2 aromatic heterocycles. The van der Waals surface area contributed by atoms with Crippen LogP contribution in [0.15, 0.2) is 18.3 Å². The summed E-state index contributed by atoms with van der Waals surface area (Å²) in [5, 5.41) is 9.59. The van der Waals surface area contributed by atoms with Crippen LogP contribution in [0, 0.1) is 0 Å². The van der Waals surface area contributed by atoms with Crippen LogP contribution in [0.25, 0.3) is 0 Å². The number of esters is 1. The molecule has 2 heterocycles. The SMILES string of the molecule is CCCCc1nc(Cl)c(C(=O)O)n1Cc1ccc(C2(C(=O)OCC)CCCC2)nc1. The predicted molar refractivity (Wildman–Crippen MR) is 113 cm³/mol. The van der Waals surface area contributed by atoms with Gasteiger partial charge in [0.1, 0.15) is 11.2 Å². The number of unbranched alkanes of at least 4 members (excludes halogenated alkanes) is 1. The van der Waals surface area contributed by atoms with E-state index in [0.717, 1.165) is 49.8 Å². The van der Waals surface area contributed by atoms with Gasteiger partial charge in [-0.3, -0.25) is 9.78 Å². The second-order valence-electron chi connectivity index (χ2n) is 7.72.